The van der Waals surface area contributed by atoms with Gasteiger partial charge in [-0.15, -0.1) is 10.3 Å². The third-order valence-corrected chi connectivity index (χ3v) is 13.2. The number of ether oxygens (including phenoxy) is 2. The highest BCUT2D eigenvalue weighted by Gasteiger charge is 2.39. The predicted molar refractivity (Wildman–Crippen MR) is 216 cm³/mol. The zero-order chi connectivity index (χ0) is 39.0. The Bertz CT molecular complexity index is 1620. The van der Waals surface area contributed by atoms with Crippen LogP contribution in [0.25, 0.3) is 11.1 Å². The molecule has 2 aliphatic rings. The molecule has 11 nitrogen and oxygen atoms in total. The molecule has 2 fully saturated rings. The molecule has 294 valence electrons. The van der Waals surface area contributed by atoms with Crippen LogP contribution in [0.5, 0.6) is 5.75 Å². The number of pyridine rings is 1. The van der Waals surface area contributed by atoms with Gasteiger partial charge in [-0.05, 0) is 95.3 Å². The first kappa shape index (κ1) is 42.2. The summed E-state index contributed by atoms with van der Waals surface area (Å²) < 4.78 is 34.0. The minimum absolute atomic E-state index is 0.0766. The normalized spacial score (nSPS) is 19.0. The van der Waals surface area contributed by atoms with E-state index in [1.165, 1.54) is 0 Å². The summed E-state index contributed by atoms with van der Waals surface area (Å²) in [5.74, 6) is 0.590. The van der Waals surface area contributed by atoms with Gasteiger partial charge in [0.25, 0.3) is 0 Å². The molecule has 0 radical (unpaired) electrons. The first-order valence-corrected chi connectivity index (χ1v) is 21.2. The van der Waals surface area contributed by atoms with Gasteiger partial charge in [0.15, 0.2) is 11.6 Å². The van der Waals surface area contributed by atoms with Crippen molar-refractivity contribution in [1.82, 2.24) is 19.9 Å². The number of rotatable bonds is 12. The van der Waals surface area contributed by atoms with Crippen LogP contribution < -0.4 is 20.7 Å². The topological polar surface area (TPSA) is 128 Å². The largest absolute Gasteiger partial charge is 0.487 e. The van der Waals surface area contributed by atoms with Gasteiger partial charge in [-0.3, -0.25) is 9.69 Å². The summed E-state index contributed by atoms with van der Waals surface area (Å²) in [6, 6.07) is 8.99. The third-order valence-electron chi connectivity index (χ3n) is 9.54. The van der Waals surface area contributed by atoms with Crippen LogP contribution in [0.15, 0.2) is 48.9 Å². The van der Waals surface area contributed by atoms with E-state index >= 15 is 4.39 Å². The van der Waals surface area contributed by atoms with Gasteiger partial charge in [-0.1, -0.05) is 40.7 Å². The maximum atomic E-state index is 15.7. The molecular weight excluding hydrogens is 694 g/mol. The summed E-state index contributed by atoms with van der Waals surface area (Å²) >= 11 is 0. The van der Waals surface area contributed by atoms with Crippen molar-refractivity contribution in [3.8, 4) is 16.9 Å². The van der Waals surface area contributed by atoms with E-state index in [1.807, 2.05) is 64.0 Å². The average Bonchev–Trinajstić information content (AvgIpc) is 3.48. The van der Waals surface area contributed by atoms with Gasteiger partial charge in [0.1, 0.15) is 17.5 Å². The van der Waals surface area contributed by atoms with Gasteiger partial charge in [-0.25, -0.2) is 19.3 Å². The van der Waals surface area contributed by atoms with Gasteiger partial charge >= 0.3 is 5.97 Å². The van der Waals surface area contributed by atoms with Crippen LogP contribution in [0.4, 0.5) is 21.8 Å². The first-order valence-electron chi connectivity index (χ1n) is 18.8. The number of hydrogen-bond acceptors (Lipinski definition) is 11. The SMILES string of the molecule is CC.CC(C)(C)OC(=O)CN1CCC(Oc2cccc(Nc3cc(-c4cnc(N5CC(OS(C)(C)C(C)(C)C)CC5CCN)nc4)ccn3)c2F)CC1. The molecule has 1 aromatic carbocycles. The monoisotopic (exact) mass is 755 g/mol. The molecule has 2 unspecified atom stereocenters. The van der Waals surface area contributed by atoms with E-state index in [-0.39, 0.29) is 46.9 Å². The lowest BCUT2D eigenvalue weighted by Crippen LogP contribution is -2.42. The molecule has 13 heteroatoms. The van der Waals surface area contributed by atoms with Crippen molar-refractivity contribution in [2.45, 2.75) is 110 Å². The van der Waals surface area contributed by atoms with E-state index in [9.17, 15) is 4.79 Å². The van der Waals surface area contributed by atoms with Crippen LogP contribution in [-0.4, -0.2) is 99.7 Å². The van der Waals surface area contributed by atoms with Gasteiger partial charge in [-0.2, -0.15) is 0 Å². The number of aromatic nitrogens is 3. The maximum absolute atomic E-state index is 15.7. The second-order valence-corrected chi connectivity index (χ2v) is 19.7. The molecule has 3 N–H and O–H groups in total. The molecule has 2 aliphatic heterocycles. The van der Waals surface area contributed by atoms with E-state index in [1.54, 1.807) is 24.4 Å². The lowest BCUT2D eigenvalue weighted by molar-refractivity contribution is -0.156. The maximum Gasteiger partial charge on any atom is 0.320 e. The predicted octanol–water partition coefficient (Wildman–Crippen LogP) is 7.72. The van der Waals surface area contributed by atoms with Crippen LogP contribution in [0.1, 0.15) is 81.1 Å². The van der Waals surface area contributed by atoms with Crippen molar-refractivity contribution < 1.29 is 22.8 Å². The van der Waals surface area contributed by atoms with E-state index in [0.29, 0.717) is 44.2 Å². The fourth-order valence-electron chi connectivity index (χ4n) is 6.19. The average molecular weight is 756 g/mol. The molecular formula is C40H62FN7O4S. The Morgan fingerprint density at radius 1 is 1.00 bits per heavy atom. The number of nitrogens with two attached hydrogens (primary N) is 1. The quantitative estimate of drug-likeness (QED) is 0.176. The molecule has 0 amide bonds. The van der Waals surface area contributed by atoms with Crippen molar-refractivity contribution in [2.75, 3.05) is 55.5 Å². The van der Waals surface area contributed by atoms with Crippen molar-refractivity contribution in [2.24, 2.45) is 5.73 Å². The third kappa shape index (κ3) is 11.7. The molecule has 0 spiro atoms. The summed E-state index contributed by atoms with van der Waals surface area (Å²) in [7, 11) is -1.27. The number of hydrogen-bond donors (Lipinski definition) is 2. The van der Waals surface area contributed by atoms with Crippen molar-refractivity contribution in [1.29, 1.82) is 0 Å². The smallest absolute Gasteiger partial charge is 0.320 e. The van der Waals surface area contributed by atoms with Gasteiger partial charge in [0.2, 0.25) is 5.95 Å². The number of carbonyl (C=O) groups is 1. The Morgan fingerprint density at radius 2 is 1.68 bits per heavy atom. The zero-order valence-electron chi connectivity index (χ0n) is 33.4. The van der Waals surface area contributed by atoms with E-state index < -0.39 is 21.7 Å². The minimum Gasteiger partial charge on any atom is -0.487 e. The number of nitrogens with zero attached hydrogens (tertiary/aromatic N) is 5. The summed E-state index contributed by atoms with van der Waals surface area (Å²) in [5, 5.41) is 3.12. The molecule has 2 atom stereocenters. The molecule has 53 heavy (non-hydrogen) atoms. The number of benzene rings is 1. The molecule has 4 heterocycles. The van der Waals surface area contributed by atoms with Gasteiger partial charge < -0.3 is 29.6 Å². The number of anilines is 3. The standard InChI is InChI=1S/C38H56FN7O4S.C2H6/c1-37(2,3)49-34(47)25-45-18-14-29(15-19-45)48-32-11-9-10-31(35(32)39)44-33-20-26(13-17-41-33)27-22-42-36(43-23-27)46-24-30(21-28(46)12-16-40)50-51(7,8)38(4,5)6;1-2/h9-11,13,17,20,22-23,28-30H,12,14-16,18-19,21,24-25,40H2,1-8H3,(H,41,44);1-2H3. The number of piperidine rings is 1. The van der Waals surface area contributed by atoms with Crippen LogP contribution >= 0.6 is 10.3 Å². The van der Waals surface area contributed by atoms with Crippen LogP contribution in [0.2, 0.25) is 0 Å². The van der Waals surface area contributed by atoms with Crippen molar-refractivity contribution in [3.05, 3.63) is 54.7 Å². The Kier molecular flexibility index (Phi) is 14.5. The van der Waals surface area contributed by atoms with E-state index in [0.717, 1.165) is 30.5 Å². The van der Waals surface area contributed by atoms with Gasteiger partial charge in [0.05, 0.1) is 18.3 Å². The number of nitrogens with one attached hydrogen (secondary N) is 1. The molecule has 2 saturated heterocycles. The first-order chi connectivity index (χ1) is 25.0. The minimum atomic E-state index is -1.27. The molecule has 2 aromatic heterocycles. The van der Waals surface area contributed by atoms with Crippen molar-refractivity contribution in [3.63, 3.8) is 0 Å². The lowest BCUT2D eigenvalue weighted by Gasteiger charge is -2.45. The fraction of sp³-hybridized carbons (Fsp3) is 0.600. The number of carbonyl (C=O) groups excluding carboxylic acids is 1. The second-order valence-electron chi connectivity index (χ2n) is 15.8. The van der Waals surface area contributed by atoms with Crippen LogP contribution in [0.3, 0.4) is 0 Å². The summed E-state index contributed by atoms with van der Waals surface area (Å²) in [4.78, 5) is 30.4. The summed E-state index contributed by atoms with van der Waals surface area (Å²) in [6.45, 7) is 19.2. The second kappa shape index (κ2) is 18.2. The number of esters is 1. The van der Waals surface area contributed by atoms with Crippen LogP contribution in [-0.2, 0) is 13.7 Å². The molecule has 0 saturated carbocycles. The number of halogens is 1. The molecule has 5 rings (SSSR count). The van der Waals surface area contributed by atoms with Crippen molar-refractivity contribution >= 4 is 33.7 Å². The van der Waals surface area contributed by atoms with E-state index in [4.69, 9.17) is 29.4 Å². The Labute approximate surface area is 318 Å². The number of likely N-dealkylation sites (tertiary alicyclic amines) is 1. The summed E-state index contributed by atoms with van der Waals surface area (Å²) in [6.07, 6.45) is 12.8. The Hall–Kier alpha value is -3.52. The Morgan fingerprint density at radius 3 is 2.30 bits per heavy atom. The highest BCUT2D eigenvalue weighted by atomic mass is 32.3. The van der Waals surface area contributed by atoms with E-state index in [2.05, 4.69) is 48.5 Å². The molecule has 0 bridgehead atoms. The molecule has 3 aromatic rings. The van der Waals surface area contributed by atoms with Crippen LogP contribution in [0, 0.1) is 5.82 Å². The lowest BCUT2D eigenvalue weighted by atomic mass is 10.1. The Balaban J connectivity index is 0.00000308. The summed E-state index contributed by atoms with van der Waals surface area (Å²) in [5.41, 5.74) is 7.41. The molecule has 0 aliphatic carbocycles. The zero-order valence-corrected chi connectivity index (χ0v) is 34.3. The highest BCUT2D eigenvalue weighted by molar-refractivity contribution is 8.29. The highest BCUT2D eigenvalue weighted by Crippen LogP contribution is 2.55. The fourth-order valence-corrected chi connectivity index (χ4v) is 7.30. The van der Waals surface area contributed by atoms with Gasteiger partial charge in [0, 0.05) is 54.6 Å².